The molecule has 1 N–H and O–H groups in total. The number of carbonyl (C=O) groups excluding carboxylic acids is 1. The molecule has 3 aromatic rings. The molecular weight excluding hydrogens is 260 g/mol. The van der Waals surface area contributed by atoms with Crippen molar-refractivity contribution >= 4 is 22.5 Å². The van der Waals surface area contributed by atoms with Crippen molar-refractivity contribution in [3.63, 3.8) is 0 Å². The number of hydrogen-bond acceptors (Lipinski definition) is 2. The van der Waals surface area contributed by atoms with Crippen molar-refractivity contribution in [2.75, 3.05) is 5.32 Å². The normalized spacial score (nSPS) is 10.6. The zero-order valence-electron chi connectivity index (χ0n) is 12.1. The minimum absolute atomic E-state index is 0.189. The van der Waals surface area contributed by atoms with E-state index in [0.29, 0.717) is 5.69 Å². The average Bonchev–Trinajstić information content (AvgIpc) is 2.45. The van der Waals surface area contributed by atoms with Gasteiger partial charge in [0.1, 0.15) is 5.69 Å². The fraction of sp³-hybridized carbons (Fsp3) is 0.111. The Morgan fingerprint density at radius 1 is 0.952 bits per heavy atom. The van der Waals surface area contributed by atoms with E-state index in [-0.39, 0.29) is 5.91 Å². The zero-order valence-corrected chi connectivity index (χ0v) is 12.1. The molecule has 3 nitrogen and oxygen atoms in total. The first-order valence-corrected chi connectivity index (χ1v) is 6.87. The smallest absolute Gasteiger partial charge is 0.274 e. The summed E-state index contributed by atoms with van der Waals surface area (Å²) in [6.07, 6.45) is 0. The van der Waals surface area contributed by atoms with E-state index in [1.807, 2.05) is 56.3 Å². The molecule has 0 saturated heterocycles. The van der Waals surface area contributed by atoms with Crippen LogP contribution in [0.2, 0.25) is 0 Å². The van der Waals surface area contributed by atoms with E-state index in [2.05, 4.69) is 16.4 Å². The van der Waals surface area contributed by atoms with Crippen LogP contribution in [0, 0.1) is 13.8 Å². The van der Waals surface area contributed by atoms with E-state index in [0.717, 1.165) is 27.7 Å². The van der Waals surface area contributed by atoms with Gasteiger partial charge in [0.2, 0.25) is 0 Å². The van der Waals surface area contributed by atoms with Crippen LogP contribution in [0.15, 0.2) is 54.6 Å². The Morgan fingerprint density at radius 3 is 2.43 bits per heavy atom. The van der Waals surface area contributed by atoms with Gasteiger partial charge < -0.3 is 5.32 Å². The molecule has 0 spiro atoms. The zero-order chi connectivity index (χ0) is 14.8. The average molecular weight is 276 g/mol. The molecule has 3 rings (SSSR count). The third-order valence-corrected chi connectivity index (χ3v) is 3.31. The number of hydrogen-bond donors (Lipinski definition) is 1. The fourth-order valence-electron chi connectivity index (χ4n) is 2.43. The second-order valence-corrected chi connectivity index (χ2v) is 5.22. The van der Waals surface area contributed by atoms with E-state index in [4.69, 9.17) is 0 Å². The lowest BCUT2D eigenvalue weighted by molar-refractivity contribution is 0.102. The number of aromatic nitrogens is 1. The molecule has 0 aliphatic carbocycles. The molecule has 0 aliphatic heterocycles. The van der Waals surface area contributed by atoms with E-state index < -0.39 is 0 Å². The number of fused-ring (bicyclic) bond motifs is 1. The summed E-state index contributed by atoms with van der Waals surface area (Å²) in [7, 11) is 0. The lowest BCUT2D eigenvalue weighted by atomic mass is 10.1. The van der Waals surface area contributed by atoms with E-state index >= 15 is 0 Å². The Kier molecular flexibility index (Phi) is 3.40. The highest BCUT2D eigenvalue weighted by molar-refractivity contribution is 6.04. The monoisotopic (exact) mass is 276 g/mol. The van der Waals surface area contributed by atoms with Crippen molar-refractivity contribution in [3.8, 4) is 0 Å². The standard InChI is InChI=1S/C18H16N2O/c1-12-9-13(2)11-15(10-12)19-18(21)17-8-7-14-5-3-4-6-16(14)20-17/h3-11H,1-2H3,(H,19,21). The molecular formula is C18H16N2O. The molecule has 2 aromatic carbocycles. The Labute approximate surface area is 123 Å². The molecule has 104 valence electrons. The number of para-hydroxylation sites is 1. The highest BCUT2D eigenvalue weighted by atomic mass is 16.1. The third-order valence-electron chi connectivity index (χ3n) is 3.31. The molecule has 0 bridgehead atoms. The highest BCUT2D eigenvalue weighted by Gasteiger charge is 2.09. The van der Waals surface area contributed by atoms with Gasteiger partial charge in [0, 0.05) is 11.1 Å². The van der Waals surface area contributed by atoms with E-state index in [1.54, 1.807) is 6.07 Å². The second kappa shape index (κ2) is 5.37. The van der Waals surface area contributed by atoms with Crippen LogP contribution in [0.5, 0.6) is 0 Å². The van der Waals surface area contributed by atoms with Gasteiger partial charge >= 0.3 is 0 Å². The van der Waals surface area contributed by atoms with Gasteiger partial charge in [-0.25, -0.2) is 4.98 Å². The van der Waals surface area contributed by atoms with Gasteiger partial charge in [-0.3, -0.25) is 4.79 Å². The largest absolute Gasteiger partial charge is 0.321 e. The molecule has 1 heterocycles. The predicted octanol–water partition coefficient (Wildman–Crippen LogP) is 4.10. The highest BCUT2D eigenvalue weighted by Crippen LogP contribution is 2.16. The third kappa shape index (κ3) is 2.92. The maximum Gasteiger partial charge on any atom is 0.274 e. The van der Waals surface area contributed by atoms with Crippen molar-refractivity contribution in [2.24, 2.45) is 0 Å². The SMILES string of the molecule is Cc1cc(C)cc(NC(=O)c2ccc3ccccc3n2)c1. The van der Waals surface area contributed by atoms with Crippen molar-refractivity contribution in [1.29, 1.82) is 0 Å². The van der Waals surface area contributed by atoms with Crippen molar-refractivity contribution in [1.82, 2.24) is 4.98 Å². The van der Waals surface area contributed by atoms with Crippen LogP contribution in [0.4, 0.5) is 5.69 Å². The summed E-state index contributed by atoms with van der Waals surface area (Å²) >= 11 is 0. The molecule has 21 heavy (non-hydrogen) atoms. The second-order valence-electron chi connectivity index (χ2n) is 5.22. The van der Waals surface area contributed by atoms with Crippen LogP contribution in [0.25, 0.3) is 10.9 Å². The van der Waals surface area contributed by atoms with Gasteiger partial charge in [-0.05, 0) is 49.2 Å². The molecule has 0 saturated carbocycles. The predicted molar refractivity (Wildman–Crippen MR) is 85.6 cm³/mol. The minimum Gasteiger partial charge on any atom is -0.321 e. The maximum absolute atomic E-state index is 12.3. The summed E-state index contributed by atoms with van der Waals surface area (Å²) in [6, 6.07) is 17.4. The quantitative estimate of drug-likeness (QED) is 0.765. The summed E-state index contributed by atoms with van der Waals surface area (Å²) < 4.78 is 0. The lowest BCUT2D eigenvalue weighted by Crippen LogP contribution is -2.13. The van der Waals surface area contributed by atoms with Gasteiger partial charge in [0.05, 0.1) is 5.52 Å². The Morgan fingerprint density at radius 2 is 1.67 bits per heavy atom. The summed E-state index contributed by atoms with van der Waals surface area (Å²) in [5, 5.41) is 3.93. The number of pyridine rings is 1. The first-order chi connectivity index (χ1) is 10.1. The molecule has 0 fully saturated rings. The van der Waals surface area contributed by atoms with Crippen LogP contribution in [0.3, 0.4) is 0 Å². The molecule has 0 radical (unpaired) electrons. The first kappa shape index (κ1) is 13.3. The van der Waals surface area contributed by atoms with Crippen molar-refractivity contribution < 1.29 is 4.79 Å². The molecule has 3 heteroatoms. The topological polar surface area (TPSA) is 42.0 Å². The summed E-state index contributed by atoms with van der Waals surface area (Å²) in [5.74, 6) is -0.189. The van der Waals surface area contributed by atoms with Crippen LogP contribution in [-0.4, -0.2) is 10.9 Å². The molecule has 1 amide bonds. The lowest BCUT2D eigenvalue weighted by Gasteiger charge is -2.07. The molecule has 1 aromatic heterocycles. The minimum atomic E-state index is -0.189. The van der Waals surface area contributed by atoms with Gasteiger partial charge in [-0.2, -0.15) is 0 Å². The molecule has 0 atom stereocenters. The fourth-order valence-corrected chi connectivity index (χ4v) is 2.43. The Balaban J connectivity index is 1.89. The van der Waals surface area contributed by atoms with Gasteiger partial charge in [0.25, 0.3) is 5.91 Å². The number of nitrogens with zero attached hydrogens (tertiary/aromatic N) is 1. The number of nitrogens with one attached hydrogen (secondary N) is 1. The van der Waals surface area contributed by atoms with Crippen LogP contribution in [-0.2, 0) is 0 Å². The van der Waals surface area contributed by atoms with Gasteiger partial charge in [0.15, 0.2) is 0 Å². The number of aryl methyl sites for hydroxylation is 2. The van der Waals surface area contributed by atoms with Crippen LogP contribution >= 0.6 is 0 Å². The van der Waals surface area contributed by atoms with Crippen molar-refractivity contribution in [3.05, 3.63) is 71.4 Å². The number of carbonyl (C=O) groups is 1. The molecule has 0 unspecified atom stereocenters. The number of amides is 1. The van der Waals surface area contributed by atoms with Gasteiger partial charge in [-0.1, -0.05) is 30.3 Å². The summed E-state index contributed by atoms with van der Waals surface area (Å²) in [5.41, 5.74) is 4.29. The first-order valence-electron chi connectivity index (χ1n) is 6.87. The summed E-state index contributed by atoms with van der Waals surface area (Å²) in [4.78, 5) is 16.7. The number of rotatable bonds is 2. The van der Waals surface area contributed by atoms with Crippen LogP contribution in [0.1, 0.15) is 21.6 Å². The Hall–Kier alpha value is -2.68. The Bertz CT molecular complexity index is 804. The van der Waals surface area contributed by atoms with Gasteiger partial charge in [-0.15, -0.1) is 0 Å². The van der Waals surface area contributed by atoms with E-state index in [1.165, 1.54) is 0 Å². The maximum atomic E-state index is 12.3. The summed E-state index contributed by atoms with van der Waals surface area (Å²) in [6.45, 7) is 4.02. The van der Waals surface area contributed by atoms with E-state index in [9.17, 15) is 4.79 Å². The molecule has 0 aliphatic rings. The van der Waals surface area contributed by atoms with Crippen molar-refractivity contribution in [2.45, 2.75) is 13.8 Å². The van der Waals surface area contributed by atoms with Crippen LogP contribution < -0.4 is 5.32 Å². The number of benzene rings is 2. The number of anilines is 1.